The lowest BCUT2D eigenvalue weighted by Gasteiger charge is -2.36. The highest BCUT2D eigenvalue weighted by Gasteiger charge is 2.37. The number of ether oxygens (including phenoxy) is 6. The number of benzene rings is 5. The third kappa shape index (κ3) is 13.1. The molecule has 5 aromatic rings. The summed E-state index contributed by atoms with van der Waals surface area (Å²) in [5, 5.41) is 3.57. The summed E-state index contributed by atoms with van der Waals surface area (Å²) in [5.74, 6) is 7.05. The molecule has 3 N–H and O–H groups in total. The van der Waals surface area contributed by atoms with Crippen LogP contribution in [-0.4, -0.2) is 127 Å². The normalized spacial score (nSPS) is 16.5. The molecule has 9 rings (SSSR count). The second-order valence-corrected chi connectivity index (χ2v) is 20.3. The molecule has 0 aromatic heterocycles. The highest BCUT2D eigenvalue weighted by molar-refractivity contribution is 6.02. The van der Waals surface area contributed by atoms with Crippen LogP contribution in [0.2, 0.25) is 0 Å². The molecule has 0 aliphatic carbocycles. The van der Waals surface area contributed by atoms with E-state index in [0.29, 0.717) is 132 Å². The minimum atomic E-state index is -0.0444. The molecule has 4 aliphatic heterocycles. The molecule has 2 amide bonds. The fraction of sp³-hybridized carbons (Fsp3) is 0.450. The molecule has 4 heterocycles. The fourth-order valence-corrected chi connectivity index (χ4v) is 10.9. The number of ketones is 1. The predicted octanol–water partition coefficient (Wildman–Crippen LogP) is 8.07. The van der Waals surface area contributed by atoms with Crippen molar-refractivity contribution in [1.82, 2.24) is 9.80 Å². The maximum Gasteiger partial charge on any atom is 0.256 e. The summed E-state index contributed by atoms with van der Waals surface area (Å²) in [6, 6.07) is 30.8. The Morgan fingerprint density at radius 3 is 2.00 bits per heavy atom. The summed E-state index contributed by atoms with van der Waals surface area (Å²) in [7, 11) is 5.29. The number of hydrogen-bond donors (Lipinski definition) is 2. The van der Waals surface area contributed by atoms with Crippen molar-refractivity contribution in [3.05, 3.63) is 141 Å². The van der Waals surface area contributed by atoms with Crippen molar-refractivity contribution in [2.75, 3.05) is 102 Å². The van der Waals surface area contributed by atoms with Gasteiger partial charge in [-0.1, -0.05) is 48.5 Å². The molecule has 4 aliphatic rings. The topological polar surface area (TPSA) is 167 Å². The molecule has 0 radical (unpaired) electrons. The van der Waals surface area contributed by atoms with Gasteiger partial charge in [0.1, 0.15) is 24.7 Å². The van der Waals surface area contributed by atoms with Gasteiger partial charge in [-0.05, 0) is 108 Å². The summed E-state index contributed by atoms with van der Waals surface area (Å²) in [5.41, 5.74) is 11.3. The summed E-state index contributed by atoms with van der Waals surface area (Å²) in [6.45, 7) is 8.73. The number of aryl methyl sites for hydroxylation is 1. The SMILES string of the molecule is COCCOCCOCCN(CCCC(=O)CCCCON)c1cc(COc2cc3c(cc2C)C(=O)N2Cc4ccccc4C[C@H]2CN3C)cc(COc2cc3c(cc2OC)C(=O)N2Cc4ccccc4C[C@H]2CN3)c1. The van der Waals surface area contributed by atoms with E-state index in [1.807, 2.05) is 47.1 Å². The van der Waals surface area contributed by atoms with Crippen molar-refractivity contribution in [2.45, 2.75) is 90.3 Å². The zero-order valence-corrected chi connectivity index (χ0v) is 44.6. The van der Waals surface area contributed by atoms with E-state index in [4.69, 9.17) is 39.2 Å². The lowest BCUT2D eigenvalue weighted by Crippen LogP contribution is -2.47. The maximum atomic E-state index is 14.3. The summed E-state index contributed by atoms with van der Waals surface area (Å²) in [4.78, 5) is 54.7. The number of likely N-dealkylation sites (N-methyl/N-ethyl adjacent to an activating group) is 1. The zero-order chi connectivity index (χ0) is 53.0. The number of fused-ring (bicyclic) bond motifs is 6. The molecular formula is C60H74N6O10. The van der Waals surface area contributed by atoms with Crippen LogP contribution in [0.4, 0.5) is 17.1 Å². The Balaban J connectivity index is 0.972. The molecule has 0 unspecified atom stereocenters. The first-order valence-electron chi connectivity index (χ1n) is 26.8. The van der Waals surface area contributed by atoms with E-state index in [-0.39, 0.29) is 42.9 Å². The van der Waals surface area contributed by atoms with Gasteiger partial charge in [-0.15, -0.1) is 0 Å². The molecule has 0 saturated carbocycles. The Morgan fingerprint density at radius 2 is 1.30 bits per heavy atom. The lowest BCUT2D eigenvalue weighted by atomic mass is 9.93. The van der Waals surface area contributed by atoms with Gasteiger partial charge in [0, 0.05) is 84.1 Å². The van der Waals surface area contributed by atoms with Crippen LogP contribution in [0.25, 0.3) is 0 Å². The van der Waals surface area contributed by atoms with Crippen LogP contribution < -0.4 is 35.2 Å². The third-order valence-electron chi connectivity index (χ3n) is 15.1. The Kier molecular flexibility index (Phi) is 18.4. The highest BCUT2D eigenvalue weighted by atomic mass is 16.6. The maximum absolute atomic E-state index is 14.3. The first-order chi connectivity index (χ1) is 37.1. The number of amides is 2. The number of methoxy groups -OCH3 is 2. The predicted molar refractivity (Wildman–Crippen MR) is 293 cm³/mol. The van der Waals surface area contributed by atoms with Crippen molar-refractivity contribution >= 4 is 34.7 Å². The minimum Gasteiger partial charge on any atom is -0.493 e. The first kappa shape index (κ1) is 54.1. The zero-order valence-electron chi connectivity index (χ0n) is 44.6. The van der Waals surface area contributed by atoms with Gasteiger partial charge in [0.2, 0.25) is 0 Å². The highest BCUT2D eigenvalue weighted by Crippen LogP contribution is 2.40. The van der Waals surface area contributed by atoms with Crippen LogP contribution in [0.15, 0.2) is 91.0 Å². The van der Waals surface area contributed by atoms with Gasteiger partial charge in [0.05, 0.1) is 81.3 Å². The number of unbranched alkanes of at least 4 members (excludes halogenated alkanes) is 1. The van der Waals surface area contributed by atoms with Gasteiger partial charge in [-0.2, -0.15) is 0 Å². The molecule has 5 aromatic carbocycles. The number of anilines is 3. The Morgan fingerprint density at radius 1 is 0.671 bits per heavy atom. The number of nitrogens with one attached hydrogen (secondary N) is 1. The second kappa shape index (κ2) is 25.9. The average molecular weight is 1040 g/mol. The Labute approximate surface area is 447 Å². The van der Waals surface area contributed by atoms with Crippen molar-refractivity contribution in [2.24, 2.45) is 5.90 Å². The summed E-state index contributed by atoms with van der Waals surface area (Å²) >= 11 is 0. The van der Waals surface area contributed by atoms with Crippen molar-refractivity contribution in [1.29, 1.82) is 0 Å². The largest absolute Gasteiger partial charge is 0.493 e. The van der Waals surface area contributed by atoms with E-state index in [0.717, 1.165) is 53.7 Å². The van der Waals surface area contributed by atoms with E-state index in [1.165, 1.54) is 22.3 Å². The number of carbonyl (C=O) groups excluding carboxylic acids is 3. The number of nitrogens with zero attached hydrogens (tertiary/aromatic N) is 4. The molecule has 0 bridgehead atoms. The van der Waals surface area contributed by atoms with Crippen LogP contribution in [0, 0.1) is 6.92 Å². The fourth-order valence-electron chi connectivity index (χ4n) is 10.9. The van der Waals surface area contributed by atoms with Crippen LogP contribution >= 0.6 is 0 Å². The van der Waals surface area contributed by atoms with Crippen LogP contribution in [0.5, 0.6) is 17.2 Å². The smallest absolute Gasteiger partial charge is 0.256 e. The van der Waals surface area contributed by atoms with Gasteiger partial charge in [-0.25, -0.2) is 5.90 Å². The lowest BCUT2D eigenvalue weighted by molar-refractivity contribution is -0.119. The minimum absolute atomic E-state index is 0.00411. The van der Waals surface area contributed by atoms with Crippen molar-refractivity contribution < 1.29 is 47.6 Å². The van der Waals surface area contributed by atoms with Gasteiger partial charge in [0.15, 0.2) is 11.5 Å². The molecule has 0 fully saturated rings. The Bertz CT molecular complexity index is 2820. The van der Waals surface area contributed by atoms with E-state index >= 15 is 0 Å². The molecule has 0 spiro atoms. The van der Waals surface area contributed by atoms with Gasteiger partial charge in [0.25, 0.3) is 11.8 Å². The van der Waals surface area contributed by atoms with E-state index in [1.54, 1.807) is 20.3 Å². The monoisotopic (exact) mass is 1040 g/mol. The van der Waals surface area contributed by atoms with Crippen molar-refractivity contribution in [3.63, 3.8) is 0 Å². The second-order valence-electron chi connectivity index (χ2n) is 20.3. The number of carbonyl (C=O) groups is 3. The van der Waals surface area contributed by atoms with Gasteiger partial charge < -0.3 is 58.2 Å². The van der Waals surface area contributed by atoms with Crippen molar-refractivity contribution in [3.8, 4) is 17.2 Å². The molecular weight excluding hydrogens is 965 g/mol. The number of nitrogens with two attached hydrogens (primary N) is 1. The van der Waals surface area contributed by atoms with Crippen LogP contribution in [-0.2, 0) is 63.0 Å². The summed E-state index contributed by atoms with van der Waals surface area (Å²) < 4.78 is 36.2. The molecule has 16 nitrogen and oxygen atoms in total. The van der Waals surface area contributed by atoms with Gasteiger partial charge in [-0.3, -0.25) is 14.4 Å². The average Bonchev–Trinajstić information content (AvgIpc) is 3.63. The van der Waals surface area contributed by atoms with Crippen LogP contribution in [0.1, 0.15) is 91.8 Å². The number of Topliss-reactive ketones (excluding diaryl/α,β-unsaturated/α-hetero) is 1. The van der Waals surface area contributed by atoms with E-state index in [2.05, 4.69) is 76.8 Å². The van der Waals surface area contributed by atoms with Gasteiger partial charge >= 0.3 is 0 Å². The summed E-state index contributed by atoms with van der Waals surface area (Å²) in [6.07, 6.45) is 4.60. The molecule has 404 valence electrons. The van der Waals surface area contributed by atoms with E-state index in [9.17, 15) is 14.4 Å². The third-order valence-corrected chi connectivity index (χ3v) is 15.1. The number of rotatable bonds is 26. The van der Waals surface area contributed by atoms with Crippen LogP contribution in [0.3, 0.4) is 0 Å². The quantitative estimate of drug-likeness (QED) is 0.0403. The molecule has 76 heavy (non-hydrogen) atoms. The van der Waals surface area contributed by atoms with E-state index < -0.39 is 0 Å². The number of hydrogen-bond acceptors (Lipinski definition) is 14. The molecule has 16 heteroatoms. The first-order valence-corrected chi connectivity index (χ1v) is 26.8. The molecule has 0 saturated heterocycles. The Hall–Kier alpha value is -6.69. The standard InChI is InChI=1S/C60H74N6O10/c1-41-26-53-55(63(2)38-50-31-45-13-6-8-15-47(45)37-66(50)60(53)69)34-56(41)74-39-42-27-43(29-48(28-42)64(19-21-72-24-25-73-23-22-70-3)18-11-17-51(67)16-9-10-20-76-61)40-75-58-33-54-52(32-57(58)71-4)59(68)65-36-46-14-7-5-12-44(46)30-49(65)35-62-54/h5-8,12-15,26-29,32-34,49-50,62H,9-11,16-25,30-31,35-40,61H2,1-4H3/t49-,50-/m0/s1. The molecule has 2 atom stereocenters.